The number of nitrogens with one attached hydrogen (secondary N) is 6. The van der Waals surface area contributed by atoms with Gasteiger partial charge < -0.3 is 31.9 Å². The molecule has 0 amide bonds. The second kappa shape index (κ2) is 11.9. The molecule has 16 unspecified atom stereocenters. The molecule has 224 valence electrons. The number of hydrogen-bond donors (Lipinski definition) is 6. The zero-order chi connectivity index (χ0) is 26.2. The van der Waals surface area contributed by atoms with Crippen LogP contribution in [-0.2, 0) is 19.5 Å². The summed E-state index contributed by atoms with van der Waals surface area (Å²) < 4.78 is 0. The van der Waals surface area contributed by atoms with E-state index in [0.29, 0.717) is 72.0 Å². The minimum Gasteiger partial charge on any atom is -0.632 e. The molecule has 9 heteroatoms. The molecule has 4 aliphatic carbocycles. The van der Waals surface area contributed by atoms with Crippen molar-refractivity contribution < 1.29 is 19.5 Å². The van der Waals surface area contributed by atoms with Gasteiger partial charge in [0.15, 0.2) is 0 Å². The molecule has 0 radical (unpaired) electrons. The van der Waals surface area contributed by atoms with Crippen LogP contribution in [-0.4, -0.2) is 49.3 Å². The molecule has 5 saturated heterocycles. The van der Waals surface area contributed by atoms with Gasteiger partial charge in [-0.05, 0) is 73.0 Å². The Morgan fingerprint density at radius 3 is 0.756 bits per heavy atom. The SMILES string of the molecule is C1CCC2C3[N-]C(NC4NC(NC5[N-]C(NC6NC(N3)C3CCCCC63)C3CCCCC53)C3CCCCC43)C2C1.[Zn+2]. The van der Waals surface area contributed by atoms with Crippen LogP contribution in [0.25, 0.3) is 10.6 Å². The Balaban J connectivity index is 0.00000256. The van der Waals surface area contributed by atoms with Crippen molar-refractivity contribution in [3.8, 4) is 0 Å². The molecule has 5 heterocycles. The fraction of sp³-hybridized carbons (Fsp3) is 1.00. The molecule has 41 heavy (non-hydrogen) atoms. The van der Waals surface area contributed by atoms with E-state index < -0.39 is 0 Å². The molecule has 8 bridgehead atoms. The van der Waals surface area contributed by atoms with Crippen molar-refractivity contribution in [2.45, 2.75) is 152 Å². The van der Waals surface area contributed by atoms with Gasteiger partial charge in [0.1, 0.15) is 0 Å². The van der Waals surface area contributed by atoms with E-state index in [1.807, 2.05) is 0 Å². The standard InChI is InChI=1S/C32H54N8.Zn/c1-2-10-18-17(9-1)25-33-26(18)38-28-21-13-5-6-14-22(21)30(35-28)40-32-24-16-8-7-15-23(24)31(36-32)39-29-20-12-4-3-11-19(20)27(34-29)37-25;/h17-33,36-40H,1-16H2;/q-2;+2. The minimum absolute atomic E-state index is 0. The molecular weight excluding hydrogens is 562 g/mol. The van der Waals surface area contributed by atoms with Gasteiger partial charge in [-0.25, -0.2) is 0 Å². The number of hydrogen-bond acceptors (Lipinski definition) is 6. The first-order chi connectivity index (χ1) is 19.8. The zero-order valence-electron chi connectivity index (χ0n) is 25.2. The summed E-state index contributed by atoms with van der Waals surface area (Å²) in [5.41, 5.74) is 0. The fourth-order valence-electron chi connectivity index (χ4n) is 11.7. The quantitative estimate of drug-likeness (QED) is 0.229. The number of fused-ring (bicyclic) bond motifs is 20. The molecule has 9 aliphatic rings. The third kappa shape index (κ3) is 5.04. The third-order valence-electron chi connectivity index (χ3n) is 13.6. The summed E-state index contributed by atoms with van der Waals surface area (Å²) in [6, 6.07) is 0. The maximum absolute atomic E-state index is 5.61. The van der Waals surface area contributed by atoms with E-state index in [4.69, 9.17) is 10.6 Å². The average molecular weight is 616 g/mol. The van der Waals surface area contributed by atoms with E-state index >= 15 is 0 Å². The Bertz CT molecular complexity index is 716. The first-order valence-electron chi connectivity index (χ1n) is 17.8. The van der Waals surface area contributed by atoms with Crippen molar-refractivity contribution in [2.75, 3.05) is 0 Å². The normalized spacial score (nSPS) is 56.2. The summed E-state index contributed by atoms with van der Waals surface area (Å²) in [6.07, 6.45) is 24.5. The van der Waals surface area contributed by atoms with Crippen LogP contribution in [0.15, 0.2) is 0 Å². The Kier molecular flexibility index (Phi) is 8.35. The topological polar surface area (TPSA) is 100 Å². The van der Waals surface area contributed by atoms with Gasteiger partial charge in [0.25, 0.3) is 0 Å². The van der Waals surface area contributed by atoms with Gasteiger partial charge in [-0.1, -0.05) is 102 Å². The van der Waals surface area contributed by atoms with E-state index in [2.05, 4.69) is 31.9 Å². The van der Waals surface area contributed by atoms with Gasteiger partial charge in [0.05, 0.1) is 24.7 Å². The molecule has 6 N–H and O–H groups in total. The smallest absolute Gasteiger partial charge is 0.632 e. The van der Waals surface area contributed by atoms with Crippen molar-refractivity contribution >= 4 is 0 Å². The van der Waals surface area contributed by atoms with Crippen molar-refractivity contribution in [3.63, 3.8) is 0 Å². The van der Waals surface area contributed by atoms with Crippen LogP contribution in [0.2, 0.25) is 0 Å². The monoisotopic (exact) mass is 614 g/mol. The first-order valence-corrected chi connectivity index (χ1v) is 17.8. The second-order valence-electron chi connectivity index (χ2n) is 15.4. The molecule has 9 fully saturated rings. The number of rotatable bonds is 0. The van der Waals surface area contributed by atoms with E-state index in [9.17, 15) is 0 Å². The third-order valence-corrected chi connectivity index (χ3v) is 13.6. The summed E-state index contributed by atoms with van der Waals surface area (Å²) in [6.45, 7) is 0. The predicted molar refractivity (Wildman–Crippen MR) is 158 cm³/mol. The van der Waals surface area contributed by atoms with Gasteiger partial charge in [-0.15, -0.1) is 0 Å². The van der Waals surface area contributed by atoms with Gasteiger partial charge in [0, 0.05) is 0 Å². The Morgan fingerprint density at radius 1 is 0.293 bits per heavy atom. The van der Waals surface area contributed by atoms with Crippen molar-refractivity contribution in [2.24, 2.45) is 47.3 Å². The molecular formula is C32H54N8Zn. The van der Waals surface area contributed by atoms with Crippen LogP contribution in [0.5, 0.6) is 0 Å². The van der Waals surface area contributed by atoms with Crippen molar-refractivity contribution in [1.29, 1.82) is 0 Å². The molecule has 0 aromatic carbocycles. The summed E-state index contributed by atoms with van der Waals surface area (Å²) in [5.74, 6) is 5.59. The second-order valence-corrected chi connectivity index (χ2v) is 15.4. The van der Waals surface area contributed by atoms with E-state index in [0.717, 1.165) is 0 Å². The molecule has 0 spiro atoms. The van der Waals surface area contributed by atoms with Gasteiger partial charge in [-0.2, -0.15) is 0 Å². The molecule has 16 atom stereocenters. The molecule has 4 saturated carbocycles. The van der Waals surface area contributed by atoms with E-state index in [1.54, 1.807) is 0 Å². The maximum Gasteiger partial charge on any atom is 2.00 e. The Labute approximate surface area is 260 Å². The van der Waals surface area contributed by atoms with Crippen LogP contribution < -0.4 is 31.9 Å². The largest absolute Gasteiger partial charge is 2.00 e. The molecule has 8 nitrogen and oxygen atoms in total. The molecule has 0 aromatic rings. The Hall–Kier alpha value is 0.303. The average Bonchev–Trinajstić information content (AvgIpc) is 3.73. The predicted octanol–water partition coefficient (Wildman–Crippen LogP) is 4.17. The maximum atomic E-state index is 5.61. The summed E-state index contributed by atoms with van der Waals surface area (Å²) in [7, 11) is 0. The van der Waals surface area contributed by atoms with Gasteiger partial charge in [0.2, 0.25) is 0 Å². The Morgan fingerprint density at radius 2 is 0.512 bits per heavy atom. The van der Waals surface area contributed by atoms with Crippen LogP contribution in [0.3, 0.4) is 0 Å². The molecule has 0 aromatic heterocycles. The van der Waals surface area contributed by atoms with Gasteiger partial charge in [-0.3, -0.25) is 10.6 Å². The first kappa shape index (κ1) is 28.8. The van der Waals surface area contributed by atoms with Crippen LogP contribution in [0.4, 0.5) is 0 Å². The van der Waals surface area contributed by atoms with Crippen LogP contribution >= 0.6 is 0 Å². The number of nitrogens with zero attached hydrogens (tertiary/aromatic N) is 2. The summed E-state index contributed by atoms with van der Waals surface area (Å²) in [4.78, 5) is 0. The van der Waals surface area contributed by atoms with Crippen molar-refractivity contribution in [1.82, 2.24) is 31.9 Å². The fourth-order valence-corrected chi connectivity index (χ4v) is 11.7. The summed E-state index contributed by atoms with van der Waals surface area (Å²) >= 11 is 0. The van der Waals surface area contributed by atoms with E-state index in [-0.39, 0.29) is 44.1 Å². The van der Waals surface area contributed by atoms with Crippen molar-refractivity contribution in [3.05, 3.63) is 10.6 Å². The zero-order valence-corrected chi connectivity index (χ0v) is 28.1. The molecule has 5 aliphatic heterocycles. The molecule has 9 rings (SSSR count). The van der Waals surface area contributed by atoms with Crippen LogP contribution in [0, 0.1) is 47.3 Å². The van der Waals surface area contributed by atoms with Gasteiger partial charge >= 0.3 is 19.5 Å². The minimum atomic E-state index is 0. The summed E-state index contributed by atoms with van der Waals surface area (Å²) in [5, 5.41) is 36.3. The van der Waals surface area contributed by atoms with E-state index in [1.165, 1.54) is 103 Å². The van der Waals surface area contributed by atoms with Crippen LogP contribution in [0.1, 0.15) is 103 Å².